The summed E-state index contributed by atoms with van der Waals surface area (Å²) in [5.74, 6) is -0.432. The minimum atomic E-state index is -0.533. The highest BCUT2D eigenvalue weighted by atomic mass is 19.1. The molecule has 1 N–H and O–H groups in total. The summed E-state index contributed by atoms with van der Waals surface area (Å²) in [7, 11) is 1.49. The van der Waals surface area contributed by atoms with Crippen molar-refractivity contribution < 1.29 is 18.7 Å². The van der Waals surface area contributed by atoms with Crippen molar-refractivity contribution >= 4 is 5.91 Å². The van der Waals surface area contributed by atoms with E-state index in [1.807, 2.05) is 60.7 Å². The molecule has 0 fully saturated rings. The van der Waals surface area contributed by atoms with Gasteiger partial charge in [-0.15, -0.1) is 0 Å². The second-order valence-electron chi connectivity index (χ2n) is 7.00. The Kier molecular flexibility index (Phi) is 6.46. The number of para-hydroxylation sites is 2. The van der Waals surface area contributed by atoms with Crippen LogP contribution in [0.4, 0.5) is 4.39 Å². The first-order valence-electron chi connectivity index (χ1n) is 10.1. The molecule has 0 spiro atoms. The summed E-state index contributed by atoms with van der Waals surface area (Å²) in [5.41, 5.74) is 1.76. The summed E-state index contributed by atoms with van der Waals surface area (Å²) in [6.07, 6.45) is 1.65. The molecule has 1 atom stereocenters. The van der Waals surface area contributed by atoms with Crippen LogP contribution in [0.1, 0.15) is 22.1 Å². The summed E-state index contributed by atoms with van der Waals surface area (Å²) in [6.45, 7) is 0.0401. The van der Waals surface area contributed by atoms with Gasteiger partial charge in [-0.25, -0.2) is 9.07 Å². The maximum absolute atomic E-state index is 14.0. The van der Waals surface area contributed by atoms with Crippen LogP contribution in [-0.4, -0.2) is 29.4 Å². The molecule has 0 aliphatic heterocycles. The fourth-order valence-corrected chi connectivity index (χ4v) is 3.25. The largest absolute Gasteiger partial charge is 0.493 e. The lowest BCUT2D eigenvalue weighted by molar-refractivity contribution is 0.0912. The van der Waals surface area contributed by atoms with Crippen molar-refractivity contribution in [1.29, 1.82) is 0 Å². The van der Waals surface area contributed by atoms with Gasteiger partial charge in [-0.1, -0.05) is 60.7 Å². The van der Waals surface area contributed by atoms with Gasteiger partial charge >= 0.3 is 0 Å². The van der Waals surface area contributed by atoms with E-state index in [0.29, 0.717) is 5.75 Å². The quantitative estimate of drug-likeness (QED) is 0.444. The number of nitrogens with zero attached hydrogens (tertiary/aromatic N) is 2. The molecule has 3 aromatic carbocycles. The molecule has 1 unspecified atom stereocenters. The van der Waals surface area contributed by atoms with Crippen LogP contribution in [0.3, 0.4) is 0 Å². The monoisotopic (exact) mass is 431 g/mol. The number of benzene rings is 3. The van der Waals surface area contributed by atoms with E-state index in [9.17, 15) is 9.18 Å². The van der Waals surface area contributed by atoms with E-state index < -0.39 is 17.8 Å². The molecule has 0 saturated heterocycles. The third-order valence-corrected chi connectivity index (χ3v) is 4.89. The van der Waals surface area contributed by atoms with Gasteiger partial charge in [0.2, 0.25) is 0 Å². The smallest absolute Gasteiger partial charge is 0.276 e. The summed E-state index contributed by atoms with van der Waals surface area (Å²) in [6, 6.07) is 24.4. The molecule has 32 heavy (non-hydrogen) atoms. The lowest BCUT2D eigenvalue weighted by atomic mass is 10.1. The molecular formula is C25H22FN3O3. The van der Waals surface area contributed by atoms with E-state index in [2.05, 4.69) is 10.4 Å². The van der Waals surface area contributed by atoms with Gasteiger partial charge in [-0.05, 0) is 29.8 Å². The maximum atomic E-state index is 14.0. The minimum absolute atomic E-state index is 0.0401. The molecule has 0 aliphatic carbocycles. The van der Waals surface area contributed by atoms with Crippen LogP contribution in [0, 0.1) is 5.82 Å². The minimum Gasteiger partial charge on any atom is -0.493 e. The Morgan fingerprint density at radius 2 is 1.62 bits per heavy atom. The average Bonchev–Trinajstić information content (AvgIpc) is 3.28. The third kappa shape index (κ3) is 4.78. The first kappa shape index (κ1) is 21.1. The molecule has 6 nitrogen and oxygen atoms in total. The number of carbonyl (C=O) groups excluding carboxylic acids is 1. The van der Waals surface area contributed by atoms with Gasteiger partial charge in [0, 0.05) is 0 Å². The van der Waals surface area contributed by atoms with Crippen LogP contribution >= 0.6 is 0 Å². The first-order valence-corrected chi connectivity index (χ1v) is 10.1. The van der Waals surface area contributed by atoms with Crippen LogP contribution < -0.4 is 14.8 Å². The van der Waals surface area contributed by atoms with Gasteiger partial charge in [0.05, 0.1) is 25.0 Å². The van der Waals surface area contributed by atoms with Crippen molar-refractivity contribution in [1.82, 2.24) is 15.1 Å². The number of aromatic nitrogens is 2. The second-order valence-corrected chi connectivity index (χ2v) is 7.00. The Morgan fingerprint density at radius 3 is 2.31 bits per heavy atom. The summed E-state index contributed by atoms with van der Waals surface area (Å²) in [4.78, 5) is 13.1. The highest BCUT2D eigenvalue weighted by Crippen LogP contribution is 2.23. The standard InChI is InChI=1S/C25H22FN3O3/c1-31-23-16-29(19-12-6-3-7-13-19)28-24(23)25(30)27-21(18-10-4-2-5-11-18)17-32-22-15-9-8-14-20(22)26/h2-16,21H,17H2,1H3,(H,27,30). The fraction of sp³-hybridized carbons (Fsp3) is 0.120. The Hall–Kier alpha value is -4.13. The van der Waals surface area contributed by atoms with E-state index in [0.717, 1.165) is 11.3 Å². The summed E-state index contributed by atoms with van der Waals surface area (Å²) in [5, 5.41) is 7.35. The van der Waals surface area contributed by atoms with Crippen LogP contribution in [0.2, 0.25) is 0 Å². The molecule has 0 radical (unpaired) electrons. The Labute approximate surface area is 185 Å². The zero-order chi connectivity index (χ0) is 22.3. The van der Waals surface area contributed by atoms with Gasteiger partial charge in [-0.2, -0.15) is 5.10 Å². The maximum Gasteiger partial charge on any atom is 0.276 e. The van der Waals surface area contributed by atoms with Crippen molar-refractivity contribution in [3.8, 4) is 17.2 Å². The molecule has 162 valence electrons. The van der Waals surface area contributed by atoms with Gasteiger partial charge in [0.25, 0.3) is 5.91 Å². The zero-order valence-corrected chi connectivity index (χ0v) is 17.4. The molecule has 4 rings (SSSR count). The number of amides is 1. The molecular weight excluding hydrogens is 409 g/mol. The fourth-order valence-electron chi connectivity index (χ4n) is 3.25. The topological polar surface area (TPSA) is 65.4 Å². The van der Waals surface area contributed by atoms with Crippen molar-refractivity contribution in [3.05, 3.63) is 108 Å². The van der Waals surface area contributed by atoms with Crippen molar-refractivity contribution in [2.75, 3.05) is 13.7 Å². The Balaban J connectivity index is 1.57. The predicted molar refractivity (Wildman–Crippen MR) is 119 cm³/mol. The predicted octanol–water partition coefficient (Wildman–Crippen LogP) is 4.57. The number of ether oxygens (including phenoxy) is 2. The molecule has 4 aromatic rings. The molecule has 0 saturated carbocycles. The Morgan fingerprint density at radius 1 is 0.969 bits per heavy atom. The molecule has 1 aromatic heterocycles. The SMILES string of the molecule is COc1cn(-c2ccccc2)nc1C(=O)NC(COc1ccccc1F)c1ccccc1. The lowest BCUT2D eigenvalue weighted by Gasteiger charge is -2.20. The highest BCUT2D eigenvalue weighted by Gasteiger charge is 2.23. The van der Waals surface area contributed by atoms with E-state index in [1.54, 1.807) is 29.1 Å². The number of halogens is 1. The second kappa shape index (κ2) is 9.78. The number of carbonyl (C=O) groups is 1. The number of nitrogens with one attached hydrogen (secondary N) is 1. The van der Waals surface area contributed by atoms with Gasteiger partial charge < -0.3 is 14.8 Å². The molecule has 0 bridgehead atoms. The lowest BCUT2D eigenvalue weighted by Crippen LogP contribution is -2.33. The molecule has 1 heterocycles. The zero-order valence-electron chi connectivity index (χ0n) is 17.4. The van der Waals surface area contributed by atoms with Crippen molar-refractivity contribution in [2.45, 2.75) is 6.04 Å². The Bertz CT molecular complexity index is 1180. The van der Waals surface area contributed by atoms with Crippen molar-refractivity contribution in [2.24, 2.45) is 0 Å². The van der Waals surface area contributed by atoms with E-state index in [-0.39, 0.29) is 18.1 Å². The molecule has 0 aliphatic rings. The van der Waals surface area contributed by atoms with Crippen molar-refractivity contribution in [3.63, 3.8) is 0 Å². The van der Waals surface area contributed by atoms with Crippen LogP contribution in [0.15, 0.2) is 91.1 Å². The third-order valence-electron chi connectivity index (χ3n) is 4.89. The average molecular weight is 431 g/mol. The summed E-state index contributed by atoms with van der Waals surface area (Å²) < 4.78 is 26.6. The van der Waals surface area contributed by atoms with Crippen LogP contribution in [0.25, 0.3) is 5.69 Å². The van der Waals surface area contributed by atoms with Crippen LogP contribution in [-0.2, 0) is 0 Å². The van der Waals surface area contributed by atoms with Gasteiger partial charge in [-0.3, -0.25) is 4.79 Å². The van der Waals surface area contributed by atoms with E-state index >= 15 is 0 Å². The number of hydrogen-bond acceptors (Lipinski definition) is 4. The van der Waals surface area contributed by atoms with Gasteiger partial charge in [0.15, 0.2) is 23.0 Å². The van der Waals surface area contributed by atoms with E-state index in [1.165, 1.54) is 13.2 Å². The van der Waals surface area contributed by atoms with E-state index in [4.69, 9.17) is 9.47 Å². The molecule has 1 amide bonds. The van der Waals surface area contributed by atoms with Crippen LogP contribution in [0.5, 0.6) is 11.5 Å². The number of rotatable bonds is 8. The molecule has 7 heteroatoms. The van der Waals surface area contributed by atoms with Gasteiger partial charge in [0.1, 0.15) is 6.61 Å². The summed E-state index contributed by atoms with van der Waals surface area (Å²) >= 11 is 0. The first-order chi connectivity index (χ1) is 15.7. The number of hydrogen-bond donors (Lipinski definition) is 1. The normalized spacial score (nSPS) is 11.6. The number of methoxy groups -OCH3 is 1. The highest BCUT2D eigenvalue weighted by molar-refractivity contribution is 5.95.